The third-order valence-electron chi connectivity index (χ3n) is 7.06. The van der Waals surface area contributed by atoms with E-state index in [9.17, 15) is 9.59 Å². The molecule has 1 aromatic heterocycles. The number of imide groups is 1. The molecule has 0 N–H and O–H groups in total. The number of methoxy groups -OCH3 is 2. The van der Waals surface area contributed by atoms with E-state index in [2.05, 4.69) is 19.7 Å². The van der Waals surface area contributed by atoms with E-state index in [4.69, 9.17) is 9.47 Å². The summed E-state index contributed by atoms with van der Waals surface area (Å²) >= 11 is 1.22. The van der Waals surface area contributed by atoms with Gasteiger partial charge < -0.3 is 14.4 Å². The smallest absolute Gasteiger partial charge is 0.328 e. The third kappa shape index (κ3) is 4.37. The molecule has 184 valence electrons. The number of carbonyl (C=O) groups is 2. The number of hydrogen-bond donors (Lipinski definition) is 0. The van der Waals surface area contributed by atoms with E-state index >= 15 is 0 Å². The summed E-state index contributed by atoms with van der Waals surface area (Å²) in [5, 5.41) is 0. The molecule has 0 bridgehead atoms. The van der Waals surface area contributed by atoms with Crippen molar-refractivity contribution >= 4 is 34.7 Å². The molecule has 0 unspecified atom stereocenters. The number of aromatic nitrogens is 2. The summed E-state index contributed by atoms with van der Waals surface area (Å²) in [6, 6.07) is 13.3. The van der Waals surface area contributed by atoms with Crippen LogP contribution in [0.4, 0.5) is 4.79 Å². The summed E-state index contributed by atoms with van der Waals surface area (Å²) in [4.78, 5) is 32.7. The molecule has 2 saturated heterocycles. The molecule has 3 amide bonds. The van der Waals surface area contributed by atoms with Gasteiger partial charge in [-0.25, -0.2) is 4.79 Å². The molecule has 0 saturated carbocycles. The molecule has 10 heteroatoms. The molecule has 2 aliphatic rings. The highest BCUT2D eigenvalue weighted by atomic mass is 32.1. The molecule has 0 atom stereocenters. The highest BCUT2D eigenvalue weighted by Crippen LogP contribution is 2.38. The Bertz CT molecular complexity index is 1220. The molecular weight excluding hydrogens is 466 g/mol. The summed E-state index contributed by atoms with van der Waals surface area (Å²) in [7, 11) is 3.21. The maximum absolute atomic E-state index is 13.8. The number of carbonyl (C=O) groups excluding carboxylic acids is 2. The van der Waals surface area contributed by atoms with Crippen LogP contribution in [-0.2, 0) is 22.6 Å². The van der Waals surface area contributed by atoms with E-state index in [1.807, 2.05) is 36.4 Å². The van der Waals surface area contributed by atoms with Gasteiger partial charge in [0.2, 0.25) is 0 Å². The second kappa shape index (κ2) is 9.88. The van der Waals surface area contributed by atoms with E-state index in [0.29, 0.717) is 44.8 Å². The Balaban J connectivity index is 1.34. The van der Waals surface area contributed by atoms with Crippen LogP contribution >= 0.6 is 11.7 Å². The van der Waals surface area contributed by atoms with Crippen LogP contribution in [0.5, 0.6) is 5.75 Å². The number of fused-ring (bicyclic) bond motifs is 1. The minimum Gasteiger partial charge on any atom is -0.497 e. The number of urea groups is 1. The van der Waals surface area contributed by atoms with E-state index < -0.39 is 5.54 Å². The van der Waals surface area contributed by atoms with Gasteiger partial charge in [-0.1, -0.05) is 24.3 Å². The Kier molecular flexibility index (Phi) is 6.68. The number of hydrogen-bond acceptors (Lipinski definition) is 8. The Morgan fingerprint density at radius 1 is 1.03 bits per heavy atom. The standard InChI is InChI=1S/C25H29N5O4S/c1-33-14-13-30-24(32)29(16-18-5-3-7-20(15-18)34-2)23(31)25(30)9-11-28(12-10-25)17-19-6-4-8-21-22(19)27-35-26-21/h3-8,15H,9-14,16-17H2,1-2H3. The van der Waals surface area contributed by atoms with Crippen molar-refractivity contribution in [1.82, 2.24) is 23.4 Å². The Morgan fingerprint density at radius 2 is 1.83 bits per heavy atom. The van der Waals surface area contributed by atoms with Gasteiger partial charge in [0.1, 0.15) is 22.3 Å². The fourth-order valence-corrected chi connectivity index (χ4v) is 5.73. The van der Waals surface area contributed by atoms with Crippen molar-refractivity contribution in [3.05, 3.63) is 53.6 Å². The van der Waals surface area contributed by atoms with Gasteiger partial charge >= 0.3 is 6.03 Å². The summed E-state index contributed by atoms with van der Waals surface area (Å²) in [6.45, 7) is 3.16. The van der Waals surface area contributed by atoms with Crippen molar-refractivity contribution in [2.75, 3.05) is 40.5 Å². The minimum absolute atomic E-state index is 0.119. The van der Waals surface area contributed by atoms with Gasteiger partial charge in [-0.2, -0.15) is 8.75 Å². The van der Waals surface area contributed by atoms with E-state index in [1.165, 1.54) is 16.6 Å². The maximum Gasteiger partial charge on any atom is 0.328 e. The van der Waals surface area contributed by atoms with Crippen LogP contribution in [0.3, 0.4) is 0 Å². The molecule has 0 aliphatic carbocycles. The number of likely N-dealkylation sites (tertiary alicyclic amines) is 1. The number of ether oxygens (including phenoxy) is 2. The zero-order valence-electron chi connectivity index (χ0n) is 20.0. The van der Waals surface area contributed by atoms with Gasteiger partial charge in [0, 0.05) is 33.3 Å². The minimum atomic E-state index is -0.834. The predicted molar refractivity (Wildman–Crippen MR) is 132 cm³/mol. The van der Waals surface area contributed by atoms with Crippen LogP contribution in [0, 0.1) is 0 Å². The Hall–Kier alpha value is -3.08. The van der Waals surface area contributed by atoms with Gasteiger partial charge in [0.25, 0.3) is 5.91 Å². The molecule has 1 spiro atoms. The van der Waals surface area contributed by atoms with Crippen molar-refractivity contribution < 1.29 is 19.1 Å². The average Bonchev–Trinajstić information content (AvgIpc) is 3.44. The lowest BCUT2D eigenvalue weighted by Crippen LogP contribution is -2.57. The molecule has 35 heavy (non-hydrogen) atoms. The van der Waals surface area contributed by atoms with Crippen LogP contribution in [0.2, 0.25) is 0 Å². The van der Waals surface area contributed by atoms with Crippen LogP contribution in [0.25, 0.3) is 11.0 Å². The van der Waals surface area contributed by atoms with E-state index in [1.54, 1.807) is 19.1 Å². The van der Waals surface area contributed by atoms with Crippen molar-refractivity contribution in [2.24, 2.45) is 0 Å². The quantitative estimate of drug-likeness (QED) is 0.444. The maximum atomic E-state index is 13.8. The summed E-state index contributed by atoms with van der Waals surface area (Å²) in [6.07, 6.45) is 1.17. The topological polar surface area (TPSA) is 88.1 Å². The van der Waals surface area contributed by atoms with Crippen molar-refractivity contribution in [3.8, 4) is 5.75 Å². The first kappa shape index (κ1) is 23.7. The summed E-state index contributed by atoms with van der Waals surface area (Å²) in [5.41, 5.74) is 3.01. The molecule has 9 nitrogen and oxygen atoms in total. The average molecular weight is 496 g/mol. The van der Waals surface area contributed by atoms with Gasteiger partial charge in [0.05, 0.1) is 32.0 Å². The van der Waals surface area contributed by atoms with Gasteiger partial charge in [-0.15, -0.1) is 0 Å². The van der Waals surface area contributed by atoms with Crippen LogP contribution < -0.4 is 4.74 Å². The Labute approximate surface area is 208 Å². The molecular formula is C25H29N5O4S. The molecule has 0 radical (unpaired) electrons. The fraction of sp³-hybridized carbons (Fsp3) is 0.440. The zero-order chi connectivity index (χ0) is 24.4. The molecule has 3 aromatic rings. The van der Waals surface area contributed by atoms with Crippen LogP contribution in [0.15, 0.2) is 42.5 Å². The first-order valence-corrected chi connectivity index (χ1v) is 12.5. The molecule has 5 rings (SSSR count). The lowest BCUT2D eigenvalue weighted by molar-refractivity contribution is -0.136. The predicted octanol–water partition coefficient (Wildman–Crippen LogP) is 3.15. The fourth-order valence-electron chi connectivity index (χ4n) is 5.16. The second-order valence-electron chi connectivity index (χ2n) is 9.03. The summed E-state index contributed by atoms with van der Waals surface area (Å²) < 4.78 is 19.4. The number of benzene rings is 2. The SMILES string of the molecule is COCCN1C(=O)N(Cc2cccc(OC)c2)C(=O)C12CCN(Cc1cccc3nsnc13)CC2. The van der Waals surface area contributed by atoms with Crippen molar-refractivity contribution in [2.45, 2.75) is 31.5 Å². The molecule has 2 fully saturated rings. The lowest BCUT2D eigenvalue weighted by Gasteiger charge is -2.42. The van der Waals surface area contributed by atoms with Gasteiger partial charge in [-0.3, -0.25) is 14.6 Å². The monoisotopic (exact) mass is 495 g/mol. The largest absolute Gasteiger partial charge is 0.497 e. The normalized spacial score (nSPS) is 18.2. The van der Waals surface area contributed by atoms with Gasteiger partial charge in [0.15, 0.2) is 0 Å². The first-order valence-electron chi connectivity index (χ1n) is 11.7. The molecule has 2 aromatic carbocycles. The first-order chi connectivity index (χ1) is 17.1. The number of nitrogens with zero attached hydrogens (tertiary/aromatic N) is 5. The number of rotatable bonds is 8. The third-order valence-corrected chi connectivity index (χ3v) is 7.60. The van der Waals surface area contributed by atoms with E-state index in [0.717, 1.165) is 28.7 Å². The zero-order valence-corrected chi connectivity index (χ0v) is 20.8. The number of piperidine rings is 1. The Morgan fingerprint density at radius 3 is 2.60 bits per heavy atom. The number of amides is 3. The second-order valence-corrected chi connectivity index (χ2v) is 9.56. The molecule has 3 heterocycles. The highest BCUT2D eigenvalue weighted by Gasteiger charge is 2.57. The summed E-state index contributed by atoms with van der Waals surface area (Å²) in [5.74, 6) is 0.582. The van der Waals surface area contributed by atoms with Crippen LogP contribution in [-0.4, -0.2) is 81.4 Å². The van der Waals surface area contributed by atoms with Crippen LogP contribution in [0.1, 0.15) is 24.0 Å². The highest BCUT2D eigenvalue weighted by molar-refractivity contribution is 7.00. The lowest BCUT2D eigenvalue weighted by atomic mass is 9.85. The van der Waals surface area contributed by atoms with Crippen molar-refractivity contribution in [3.63, 3.8) is 0 Å². The van der Waals surface area contributed by atoms with Crippen molar-refractivity contribution in [1.29, 1.82) is 0 Å². The molecule has 2 aliphatic heterocycles. The van der Waals surface area contributed by atoms with Gasteiger partial charge in [-0.05, 0) is 42.2 Å². The van der Waals surface area contributed by atoms with E-state index in [-0.39, 0.29) is 18.5 Å².